The molecule has 0 atom stereocenters. The van der Waals surface area contributed by atoms with Gasteiger partial charge in [0, 0.05) is 29.9 Å². The number of rotatable bonds is 3. The molecular formula is C20H18F3N5O. The maximum Gasteiger partial charge on any atom is 0.411 e. The van der Waals surface area contributed by atoms with Crippen LogP contribution in [0.3, 0.4) is 0 Å². The average Bonchev–Trinajstić information content (AvgIpc) is 3.32. The molecule has 0 radical (unpaired) electrons. The molecule has 1 amide bonds. The second-order valence-electron chi connectivity index (χ2n) is 7.62. The van der Waals surface area contributed by atoms with E-state index in [4.69, 9.17) is 0 Å². The molecule has 150 valence electrons. The standard InChI is InChI=1S/C20H18F3N5O/c1-10-17(28-19(6-7-19)20(21,22)23)27-16-11(3-2-4-14(16)25-10)15-9-12-13(26-15)5-8-24-18(12)29/h2-4,9,26H,5-8H2,1H3,(H,24,29)(H,27,28). The van der Waals surface area contributed by atoms with Gasteiger partial charge in [-0.15, -0.1) is 0 Å². The van der Waals surface area contributed by atoms with Crippen molar-refractivity contribution in [2.45, 2.75) is 37.9 Å². The third kappa shape index (κ3) is 2.83. The fraction of sp³-hybridized carbons (Fsp3) is 0.350. The third-order valence-electron chi connectivity index (χ3n) is 5.61. The fourth-order valence-electron chi connectivity index (χ4n) is 3.77. The van der Waals surface area contributed by atoms with E-state index >= 15 is 0 Å². The molecule has 29 heavy (non-hydrogen) atoms. The topological polar surface area (TPSA) is 82.7 Å². The van der Waals surface area contributed by atoms with Gasteiger partial charge in [0.05, 0.1) is 16.8 Å². The minimum atomic E-state index is -4.35. The summed E-state index contributed by atoms with van der Waals surface area (Å²) >= 11 is 0. The molecule has 0 unspecified atom stereocenters. The highest BCUT2D eigenvalue weighted by molar-refractivity contribution is 5.99. The van der Waals surface area contributed by atoms with Crippen molar-refractivity contribution < 1.29 is 18.0 Å². The first kappa shape index (κ1) is 18.0. The van der Waals surface area contributed by atoms with E-state index in [-0.39, 0.29) is 24.6 Å². The van der Waals surface area contributed by atoms with E-state index in [1.807, 2.05) is 12.1 Å². The van der Waals surface area contributed by atoms with Gasteiger partial charge < -0.3 is 15.6 Å². The summed E-state index contributed by atoms with van der Waals surface area (Å²) < 4.78 is 40.2. The Morgan fingerprint density at radius 1 is 1.17 bits per heavy atom. The quantitative estimate of drug-likeness (QED) is 0.625. The number of aromatic nitrogens is 3. The number of benzene rings is 1. The average molecular weight is 401 g/mol. The molecular weight excluding hydrogens is 383 g/mol. The van der Waals surface area contributed by atoms with Gasteiger partial charge in [-0.3, -0.25) is 4.79 Å². The van der Waals surface area contributed by atoms with Crippen molar-refractivity contribution in [3.63, 3.8) is 0 Å². The van der Waals surface area contributed by atoms with Crippen LogP contribution < -0.4 is 10.6 Å². The van der Waals surface area contributed by atoms with Gasteiger partial charge in [-0.1, -0.05) is 12.1 Å². The molecule has 0 bridgehead atoms. The summed E-state index contributed by atoms with van der Waals surface area (Å²) in [5, 5.41) is 5.39. The van der Waals surface area contributed by atoms with Gasteiger partial charge in [-0.25, -0.2) is 9.97 Å². The van der Waals surface area contributed by atoms with E-state index < -0.39 is 11.7 Å². The lowest BCUT2D eigenvalue weighted by atomic mass is 10.1. The van der Waals surface area contributed by atoms with Crippen molar-refractivity contribution in [3.8, 4) is 11.3 Å². The van der Waals surface area contributed by atoms with Gasteiger partial charge in [0.15, 0.2) is 0 Å². The molecule has 5 rings (SSSR count). The molecule has 6 nitrogen and oxygen atoms in total. The van der Waals surface area contributed by atoms with Gasteiger partial charge in [-0.05, 0) is 31.9 Å². The molecule has 1 aliphatic heterocycles. The number of anilines is 1. The van der Waals surface area contributed by atoms with E-state index in [0.717, 1.165) is 5.69 Å². The molecule has 0 saturated heterocycles. The Hall–Kier alpha value is -3.10. The van der Waals surface area contributed by atoms with E-state index in [1.165, 1.54) is 0 Å². The Morgan fingerprint density at radius 2 is 1.97 bits per heavy atom. The number of para-hydroxylation sites is 1. The van der Waals surface area contributed by atoms with Crippen molar-refractivity contribution in [2.75, 3.05) is 11.9 Å². The van der Waals surface area contributed by atoms with Crippen molar-refractivity contribution in [3.05, 3.63) is 41.2 Å². The number of carbonyl (C=O) groups is 1. The second-order valence-corrected chi connectivity index (χ2v) is 7.62. The highest BCUT2D eigenvalue weighted by atomic mass is 19.4. The monoisotopic (exact) mass is 401 g/mol. The first-order valence-corrected chi connectivity index (χ1v) is 9.40. The van der Waals surface area contributed by atoms with E-state index in [2.05, 4.69) is 25.6 Å². The minimum Gasteiger partial charge on any atom is -0.358 e. The SMILES string of the molecule is Cc1nc2cccc(-c3cc4c([nH]3)CCNC4=O)c2nc1NC1(C(F)(F)F)CC1. The largest absolute Gasteiger partial charge is 0.411 e. The van der Waals surface area contributed by atoms with Crippen LogP contribution in [0.4, 0.5) is 19.0 Å². The van der Waals surface area contributed by atoms with E-state index in [9.17, 15) is 18.0 Å². The number of nitrogens with one attached hydrogen (secondary N) is 3. The first-order valence-electron chi connectivity index (χ1n) is 9.40. The van der Waals surface area contributed by atoms with Crippen LogP contribution in [-0.4, -0.2) is 39.1 Å². The lowest BCUT2D eigenvalue weighted by Crippen LogP contribution is -2.39. The van der Waals surface area contributed by atoms with E-state index in [1.54, 1.807) is 19.1 Å². The van der Waals surface area contributed by atoms with Crippen LogP contribution >= 0.6 is 0 Å². The number of halogens is 3. The lowest BCUT2D eigenvalue weighted by molar-refractivity contribution is -0.151. The normalized spacial score (nSPS) is 17.7. The molecule has 1 fully saturated rings. The zero-order valence-electron chi connectivity index (χ0n) is 15.6. The molecule has 1 saturated carbocycles. The van der Waals surface area contributed by atoms with Crippen LogP contribution in [0, 0.1) is 6.92 Å². The maximum atomic E-state index is 13.4. The third-order valence-corrected chi connectivity index (χ3v) is 5.61. The first-order chi connectivity index (χ1) is 13.8. The van der Waals surface area contributed by atoms with Crippen molar-refractivity contribution in [1.29, 1.82) is 0 Å². The lowest BCUT2D eigenvalue weighted by Gasteiger charge is -2.22. The summed E-state index contributed by atoms with van der Waals surface area (Å²) in [6.45, 7) is 2.21. The summed E-state index contributed by atoms with van der Waals surface area (Å²) in [5.41, 5.74) is 2.37. The second kappa shape index (κ2) is 5.95. The molecule has 1 aromatic carbocycles. The number of aryl methyl sites for hydroxylation is 1. The van der Waals surface area contributed by atoms with Crippen LogP contribution in [0.15, 0.2) is 24.3 Å². The Kier molecular flexibility index (Phi) is 3.68. The molecule has 2 aliphatic rings. The number of hydrogen-bond donors (Lipinski definition) is 3. The predicted octanol–water partition coefficient (Wildman–Crippen LogP) is 3.73. The molecule has 3 N–H and O–H groups in total. The molecule has 2 aromatic heterocycles. The number of carbonyl (C=O) groups excluding carboxylic acids is 1. The van der Waals surface area contributed by atoms with Gasteiger partial charge in [0.2, 0.25) is 0 Å². The zero-order valence-corrected chi connectivity index (χ0v) is 15.6. The highest BCUT2D eigenvalue weighted by Gasteiger charge is 2.63. The number of amides is 1. The van der Waals surface area contributed by atoms with Gasteiger partial charge in [0.1, 0.15) is 16.9 Å². The zero-order chi connectivity index (χ0) is 20.4. The smallest absolute Gasteiger partial charge is 0.358 e. The van der Waals surface area contributed by atoms with Crippen LogP contribution in [0.2, 0.25) is 0 Å². The Balaban J connectivity index is 1.62. The van der Waals surface area contributed by atoms with Crippen LogP contribution in [0.1, 0.15) is 34.6 Å². The molecule has 1 aliphatic carbocycles. The van der Waals surface area contributed by atoms with Gasteiger partial charge in [0.25, 0.3) is 5.91 Å². The molecule has 3 aromatic rings. The number of aromatic amines is 1. The highest BCUT2D eigenvalue weighted by Crippen LogP contribution is 2.51. The maximum absolute atomic E-state index is 13.4. The number of hydrogen-bond acceptors (Lipinski definition) is 4. The van der Waals surface area contributed by atoms with Crippen LogP contribution in [0.25, 0.3) is 22.3 Å². The Bertz CT molecular complexity index is 1150. The summed E-state index contributed by atoms with van der Waals surface area (Å²) in [6.07, 6.45) is -3.61. The molecule has 3 heterocycles. The summed E-state index contributed by atoms with van der Waals surface area (Å²) in [6, 6.07) is 7.17. The van der Waals surface area contributed by atoms with Crippen molar-refractivity contribution in [2.24, 2.45) is 0 Å². The molecule has 9 heteroatoms. The Morgan fingerprint density at radius 3 is 2.66 bits per heavy atom. The Labute approximate surface area is 163 Å². The van der Waals surface area contributed by atoms with Gasteiger partial charge in [-0.2, -0.15) is 13.2 Å². The van der Waals surface area contributed by atoms with Crippen molar-refractivity contribution >= 4 is 22.8 Å². The van der Waals surface area contributed by atoms with Crippen LogP contribution in [0.5, 0.6) is 0 Å². The fourth-order valence-corrected chi connectivity index (χ4v) is 3.77. The summed E-state index contributed by atoms with van der Waals surface area (Å²) in [7, 11) is 0. The van der Waals surface area contributed by atoms with Crippen molar-refractivity contribution in [1.82, 2.24) is 20.3 Å². The summed E-state index contributed by atoms with van der Waals surface area (Å²) in [5.74, 6) is -0.00652. The van der Waals surface area contributed by atoms with Crippen LogP contribution in [-0.2, 0) is 6.42 Å². The number of fused-ring (bicyclic) bond motifs is 2. The number of alkyl halides is 3. The van der Waals surface area contributed by atoms with Gasteiger partial charge >= 0.3 is 6.18 Å². The minimum absolute atomic E-state index is 0.0236. The number of nitrogens with zero attached hydrogens (tertiary/aromatic N) is 2. The van der Waals surface area contributed by atoms with E-state index in [0.29, 0.717) is 46.5 Å². The summed E-state index contributed by atoms with van der Waals surface area (Å²) in [4.78, 5) is 24.3. The molecule has 0 spiro atoms. The number of H-pyrrole nitrogens is 1. The predicted molar refractivity (Wildman–Crippen MR) is 102 cm³/mol.